The zero-order valence-corrected chi connectivity index (χ0v) is 9.46. The first kappa shape index (κ1) is 10.5. The van der Waals surface area contributed by atoms with Crippen LogP contribution in [0, 0.1) is 11.3 Å². The van der Waals surface area contributed by atoms with E-state index in [9.17, 15) is 0 Å². The molecular weight excluding hydrogens is 204 g/mol. The molecule has 78 valence electrons. The predicted molar refractivity (Wildman–Crippen MR) is 62.5 cm³/mol. The topological polar surface area (TPSA) is 36.7 Å². The first-order chi connectivity index (χ1) is 7.40. The SMILES string of the molecule is N#Cc1ncccc1CSC1CCCC1. The molecule has 0 N–H and O–H groups in total. The van der Waals surface area contributed by atoms with Crippen LogP contribution in [0.2, 0.25) is 0 Å². The molecule has 0 aliphatic heterocycles. The van der Waals surface area contributed by atoms with Crippen molar-refractivity contribution in [2.75, 3.05) is 0 Å². The van der Waals surface area contributed by atoms with Crippen molar-refractivity contribution in [1.29, 1.82) is 5.26 Å². The Balaban J connectivity index is 1.95. The summed E-state index contributed by atoms with van der Waals surface area (Å²) in [6.07, 6.45) is 7.10. The molecule has 0 amide bonds. The van der Waals surface area contributed by atoms with E-state index in [4.69, 9.17) is 5.26 Å². The van der Waals surface area contributed by atoms with Crippen molar-refractivity contribution in [3.63, 3.8) is 0 Å². The van der Waals surface area contributed by atoms with E-state index in [2.05, 4.69) is 11.1 Å². The summed E-state index contributed by atoms with van der Waals surface area (Å²) < 4.78 is 0. The summed E-state index contributed by atoms with van der Waals surface area (Å²) in [5.41, 5.74) is 1.67. The molecule has 1 saturated carbocycles. The largest absolute Gasteiger partial charge is 0.245 e. The van der Waals surface area contributed by atoms with E-state index in [-0.39, 0.29) is 0 Å². The van der Waals surface area contributed by atoms with Gasteiger partial charge in [0.25, 0.3) is 0 Å². The lowest BCUT2D eigenvalue weighted by atomic mass is 10.2. The Morgan fingerprint density at radius 1 is 1.47 bits per heavy atom. The van der Waals surface area contributed by atoms with Crippen molar-refractivity contribution in [1.82, 2.24) is 4.98 Å². The highest BCUT2D eigenvalue weighted by atomic mass is 32.2. The van der Waals surface area contributed by atoms with Crippen LogP contribution in [-0.2, 0) is 5.75 Å². The summed E-state index contributed by atoms with van der Waals surface area (Å²) >= 11 is 1.98. The van der Waals surface area contributed by atoms with Gasteiger partial charge in [-0.2, -0.15) is 17.0 Å². The van der Waals surface area contributed by atoms with Gasteiger partial charge in [0, 0.05) is 17.2 Å². The maximum absolute atomic E-state index is 8.89. The second-order valence-electron chi connectivity index (χ2n) is 3.84. The van der Waals surface area contributed by atoms with Crippen molar-refractivity contribution >= 4 is 11.8 Å². The van der Waals surface area contributed by atoms with Gasteiger partial charge in [0.1, 0.15) is 11.8 Å². The van der Waals surface area contributed by atoms with E-state index in [1.807, 2.05) is 23.9 Å². The smallest absolute Gasteiger partial charge is 0.144 e. The highest BCUT2D eigenvalue weighted by molar-refractivity contribution is 7.99. The number of hydrogen-bond donors (Lipinski definition) is 0. The van der Waals surface area contributed by atoms with Crippen molar-refractivity contribution < 1.29 is 0 Å². The molecule has 0 spiro atoms. The Bertz CT molecular complexity index is 364. The summed E-state index contributed by atoms with van der Waals surface area (Å²) in [6, 6.07) is 6.06. The number of nitriles is 1. The first-order valence-electron chi connectivity index (χ1n) is 5.36. The van der Waals surface area contributed by atoms with Gasteiger partial charge < -0.3 is 0 Å². The lowest BCUT2D eigenvalue weighted by Crippen LogP contribution is -1.97. The van der Waals surface area contributed by atoms with Crippen molar-refractivity contribution in [3.8, 4) is 6.07 Å². The van der Waals surface area contributed by atoms with Crippen molar-refractivity contribution in [2.45, 2.75) is 36.7 Å². The molecule has 0 saturated heterocycles. The average Bonchev–Trinajstić information content (AvgIpc) is 2.79. The molecule has 2 rings (SSSR count). The minimum Gasteiger partial charge on any atom is -0.245 e. The normalized spacial score (nSPS) is 16.5. The molecule has 1 aromatic heterocycles. The maximum atomic E-state index is 8.89. The van der Waals surface area contributed by atoms with Gasteiger partial charge in [-0.05, 0) is 24.5 Å². The molecule has 2 nitrogen and oxygen atoms in total. The molecule has 1 aliphatic carbocycles. The highest BCUT2D eigenvalue weighted by Crippen LogP contribution is 2.31. The van der Waals surface area contributed by atoms with E-state index >= 15 is 0 Å². The van der Waals surface area contributed by atoms with Gasteiger partial charge in [0.15, 0.2) is 0 Å². The molecule has 1 heterocycles. The fourth-order valence-corrected chi connectivity index (χ4v) is 3.23. The Kier molecular flexibility index (Phi) is 3.63. The minimum atomic E-state index is 0.586. The third kappa shape index (κ3) is 2.73. The molecule has 1 aliphatic rings. The van der Waals surface area contributed by atoms with Gasteiger partial charge in [0.05, 0.1) is 0 Å². The summed E-state index contributed by atoms with van der Waals surface area (Å²) in [7, 11) is 0. The van der Waals surface area contributed by atoms with Crippen molar-refractivity contribution in [2.24, 2.45) is 0 Å². The van der Waals surface area contributed by atoms with Crippen LogP contribution in [0.4, 0.5) is 0 Å². The second kappa shape index (κ2) is 5.18. The zero-order valence-electron chi connectivity index (χ0n) is 8.65. The summed E-state index contributed by atoms with van der Waals surface area (Å²) in [4.78, 5) is 4.07. The number of rotatable bonds is 3. The molecule has 1 fully saturated rings. The van der Waals surface area contributed by atoms with Crippen LogP contribution >= 0.6 is 11.8 Å². The maximum Gasteiger partial charge on any atom is 0.144 e. The van der Waals surface area contributed by atoms with Crippen LogP contribution in [0.5, 0.6) is 0 Å². The van der Waals surface area contributed by atoms with Gasteiger partial charge in [-0.3, -0.25) is 0 Å². The molecular formula is C12H14N2S. The molecule has 0 bridgehead atoms. The highest BCUT2D eigenvalue weighted by Gasteiger charge is 2.15. The predicted octanol–water partition coefficient (Wildman–Crippen LogP) is 3.13. The molecule has 0 radical (unpaired) electrons. The van der Waals surface area contributed by atoms with E-state index in [0.717, 1.165) is 16.6 Å². The summed E-state index contributed by atoms with van der Waals surface area (Å²) in [5.74, 6) is 0.932. The number of thioether (sulfide) groups is 1. The van der Waals surface area contributed by atoms with E-state index in [0.29, 0.717) is 5.69 Å². The van der Waals surface area contributed by atoms with E-state index < -0.39 is 0 Å². The van der Waals surface area contributed by atoms with E-state index in [1.54, 1.807) is 6.20 Å². The van der Waals surface area contributed by atoms with Crippen LogP contribution in [0.3, 0.4) is 0 Å². The van der Waals surface area contributed by atoms with Crippen LogP contribution in [-0.4, -0.2) is 10.2 Å². The van der Waals surface area contributed by atoms with E-state index in [1.165, 1.54) is 25.7 Å². The Labute approximate surface area is 94.7 Å². The van der Waals surface area contributed by atoms with Crippen molar-refractivity contribution in [3.05, 3.63) is 29.6 Å². The van der Waals surface area contributed by atoms with Crippen LogP contribution in [0.1, 0.15) is 36.9 Å². The molecule has 15 heavy (non-hydrogen) atoms. The second-order valence-corrected chi connectivity index (χ2v) is 5.13. The van der Waals surface area contributed by atoms with Gasteiger partial charge in [-0.15, -0.1) is 0 Å². The molecule has 0 atom stereocenters. The van der Waals surface area contributed by atoms with Gasteiger partial charge in [0.2, 0.25) is 0 Å². The lowest BCUT2D eigenvalue weighted by molar-refractivity contribution is 0.886. The molecule has 1 aromatic rings. The van der Waals surface area contributed by atoms with Gasteiger partial charge in [-0.1, -0.05) is 18.9 Å². The summed E-state index contributed by atoms with van der Waals surface area (Å²) in [6.45, 7) is 0. The molecule has 0 aromatic carbocycles. The Morgan fingerprint density at radius 3 is 3.00 bits per heavy atom. The van der Waals surface area contributed by atoms with Gasteiger partial charge >= 0.3 is 0 Å². The fourth-order valence-electron chi connectivity index (χ4n) is 1.92. The summed E-state index contributed by atoms with van der Waals surface area (Å²) in [5, 5.41) is 9.69. The first-order valence-corrected chi connectivity index (χ1v) is 6.40. The van der Waals surface area contributed by atoms with Crippen LogP contribution < -0.4 is 0 Å². The number of aromatic nitrogens is 1. The number of hydrogen-bond acceptors (Lipinski definition) is 3. The molecule has 0 unspecified atom stereocenters. The van der Waals surface area contributed by atoms with Crippen LogP contribution in [0.25, 0.3) is 0 Å². The standard InChI is InChI=1S/C12H14N2S/c13-8-12-10(4-3-7-14-12)9-15-11-5-1-2-6-11/h3-4,7,11H,1-2,5-6,9H2. The monoisotopic (exact) mass is 218 g/mol. The number of nitrogens with zero attached hydrogens (tertiary/aromatic N) is 2. The number of pyridine rings is 1. The fraction of sp³-hybridized carbons (Fsp3) is 0.500. The minimum absolute atomic E-state index is 0.586. The third-order valence-electron chi connectivity index (χ3n) is 2.77. The lowest BCUT2D eigenvalue weighted by Gasteiger charge is -2.08. The third-order valence-corrected chi connectivity index (χ3v) is 4.19. The zero-order chi connectivity index (χ0) is 10.5. The Hall–Kier alpha value is -1.01. The van der Waals surface area contributed by atoms with Gasteiger partial charge in [-0.25, -0.2) is 4.98 Å². The van der Waals surface area contributed by atoms with Crippen LogP contribution in [0.15, 0.2) is 18.3 Å². The Morgan fingerprint density at radius 2 is 2.27 bits per heavy atom. The quantitative estimate of drug-likeness (QED) is 0.782. The average molecular weight is 218 g/mol. The molecule has 3 heteroatoms.